The van der Waals surface area contributed by atoms with Crippen molar-refractivity contribution in [2.75, 3.05) is 6.54 Å². The van der Waals surface area contributed by atoms with E-state index in [2.05, 4.69) is 16.3 Å². The summed E-state index contributed by atoms with van der Waals surface area (Å²) < 4.78 is 29.9. The van der Waals surface area contributed by atoms with Crippen LogP contribution in [-0.2, 0) is 10.0 Å². The monoisotopic (exact) mass is 508 g/mol. The van der Waals surface area contributed by atoms with E-state index in [1.54, 1.807) is 48.5 Å². The molecule has 0 spiro atoms. The number of amidine groups is 1. The second kappa shape index (κ2) is 8.75. The molecule has 0 atom stereocenters. The molecule has 1 N–H and O–H groups in total. The van der Waals surface area contributed by atoms with Crippen molar-refractivity contribution < 1.29 is 8.42 Å². The first-order chi connectivity index (χ1) is 16.4. The van der Waals surface area contributed by atoms with E-state index in [9.17, 15) is 13.2 Å². The van der Waals surface area contributed by atoms with Gasteiger partial charge in [-0.1, -0.05) is 59.8 Å². The fraction of sp³-hybridized carbons (Fsp3) is 0.0417. The van der Waals surface area contributed by atoms with Crippen LogP contribution >= 0.6 is 23.4 Å². The Morgan fingerprint density at radius 1 is 1.12 bits per heavy atom. The topological polar surface area (TPSA) is 93.4 Å². The highest BCUT2D eigenvalue weighted by Crippen LogP contribution is 2.39. The molecule has 10 heteroatoms. The number of nitrogens with one attached hydrogen (secondary N) is 1. The summed E-state index contributed by atoms with van der Waals surface area (Å²) >= 11 is 7.83. The second-order valence-electron chi connectivity index (χ2n) is 7.35. The largest absolute Gasteiger partial charge is 0.268 e. The van der Waals surface area contributed by atoms with Crippen LogP contribution in [0.4, 0.5) is 0 Å². The summed E-state index contributed by atoms with van der Waals surface area (Å²) in [6.07, 6.45) is 1.57. The summed E-state index contributed by atoms with van der Waals surface area (Å²) in [5.74, 6) is 0.244. The lowest BCUT2D eigenvalue weighted by molar-refractivity contribution is 0.590. The summed E-state index contributed by atoms with van der Waals surface area (Å²) in [5.41, 5.74) is 1.11. The van der Waals surface area contributed by atoms with Gasteiger partial charge in [0.1, 0.15) is 10.7 Å². The lowest BCUT2D eigenvalue weighted by Gasteiger charge is -2.21. The number of rotatable bonds is 4. The lowest BCUT2D eigenvalue weighted by Crippen LogP contribution is -2.32. The van der Waals surface area contributed by atoms with E-state index in [4.69, 9.17) is 16.6 Å². The maximum atomic E-state index is 13.5. The van der Waals surface area contributed by atoms with Crippen LogP contribution in [0.15, 0.2) is 99.0 Å². The van der Waals surface area contributed by atoms with Gasteiger partial charge in [0, 0.05) is 10.5 Å². The summed E-state index contributed by atoms with van der Waals surface area (Å²) in [4.78, 5) is 22.9. The Labute approximate surface area is 204 Å². The third-order valence-electron chi connectivity index (χ3n) is 5.15. The molecule has 1 aliphatic heterocycles. The van der Waals surface area contributed by atoms with Crippen molar-refractivity contribution in [3.8, 4) is 17.1 Å². The summed E-state index contributed by atoms with van der Waals surface area (Å²) in [5, 5.41) is 0.941. The van der Waals surface area contributed by atoms with Gasteiger partial charge in [-0.25, -0.2) is 13.4 Å². The molecule has 0 fully saturated rings. The predicted octanol–water partition coefficient (Wildman–Crippen LogP) is 4.63. The molecule has 5 rings (SSSR count). The first-order valence-electron chi connectivity index (χ1n) is 10.2. The van der Waals surface area contributed by atoms with Crippen LogP contribution in [0.5, 0.6) is 0 Å². The Morgan fingerprint density at radius 3 is 2.62 bits per heavy atom. The van der Waals surface area contributed by atoms with E-state index >= 15 is 0 Å². The molecule has 0 saturated heterocycles. The van der Waals surface area contributed by atoms with Gasteiger partial charge in [-0.15, -0.1) is 6.58 Å². The van der Waals surface area contributed by atoms with E-state index < -0.39 is 10.0 Å². The Hall–Kier alpha value is -3.40. The average Bonchev–Trinajstić information content (AvgIpc) is 2.82. The molecule has 170 valence electrons. The van der Waals surface area contributed by atoms with Crippen LogP contribution < -0.4 is 10.3 Å². The molecule has 0 unspecified atom stereocenters. The SMILES string of the molecule is C=CCN=C1NS(=O)(=O)c2cc(-c3nc4ccccc4c(=O)n3-c3ccccc3)c(Cl)cc2S1. The van der Waals surface area contributed by atoms with Crippen LogP contribution in [-0.4, -0.2) is 29.7 Å². The average molecular weight is 509 g/mol. The van der Waals surface area contributed by atoms with Gasteiger partial charge in [-0.05, 0) is 36.4 Å². The smallest absolute Gasteiger partial charge is 0.266 e. The fourth-order valence-corrected chi connectivity index (χ4v) is 6.58. The Bertz CT molecular complexity index is 1650. The zero-order valence-corrected chi connectivity index (χ0v) is 20.0. The minimum absolute atomic E-state index is 0.0384. The normalized spacial score (nSPS) is 15.6. The van der Waals surface area contributed by atoms with E-state index in [-0.39, 0.29) is 33.0 Å². The van der Waals surface area contributed by atoms with Crippen molar-refractivity contribution in [1.82, 2.24) is 14.3 Å². The molecule has 1 aliphatic rings. The third kappa shape index (κ3) is 3.91. The number of hydrogen-bond donors (Lipinski definition) is 1. The highest BCUT2D eigenvalue weighted by atomic mass is 35.5. The van der Waals surface area contributed by atoms with Crippen molar-refractivity contribution in [2.24, 2.45) is 4.99 Å². The quantitative estimate of drug-likeness (QED) is 0.405. The van der Waals surface area contributed by atoms with Gasteiger partial charge in [0.25, 0.3) is 15.6 Å². The molecule has 7 nitrogen and oxygen atoms in total. The number of aliphatic imine (C=N–C) groups is 1. The molecule has 0 aliphatic carbocycles. The van der Waals surface area contributed by atoms with E-state index in [1.165, 1.54) is 10.6 Å². The van der Waals surface area contributed by atoms with Gasteiger partial charge < -0.3 is 0 Å². The minimum Gasteiger partial charge on any atom is -0.268 e. The van der Waals surface area contributed by atoms with E-state index in [0.717, 1.165) is 11.8 Å². The highest BCUT2D eigenvalue weighted by Gasteiger charge is 2.30. The number of nitrogens with zero attached hydrogens (tertiary/aromatic N) is 3. The second-order valence-corrected chi connectivity index (χ2v) is 10.4. The minimum atomic E-state index is -3.91. The number of thioether (sulfide) groups is 1. The summed E-state index contributed by atoms with van der Waals surface area (Å²) in [6, 6.07) is 19.0. The summed E-state index contributed by atoms with van der Waals surface area (Å²) in [6.45, 7) is 3.87. The Kier molecular flexibility index (Phi) is 5.76. The molecule has 4 aromatic rings. The standard InChI is InChI=1S/C24H17ClN4O3S2/c1-2-12-26-24-28-34(31,32)21-13-17(18(25)14-20(21)33-24)22-27-19-11-7-6-10-16(19)23(30)29(22)15-8-4-3-5-9-15/h2-11,13-14H,1,12H2,(H,26,28). The molecule has 3 aromatic carbocycles. The van der Waals surface area contributed by atoms with Crippen LogP contribution in [0.2, 0.25) is 5.02 Å². The number of benzene rings is 3. The number of fused-ring (bicyclic) bond motifs is 2. The van der Waals surface area contributed by atoms with Gasteiger partial charge in [-0.3, -0.25) is 19.1 Å². The first kappa shape index (κ1) is 22.4. The molecule has 0 amide bonds. The van der Waals surface area contributed by atoms with Crippen molar-refractivity contribution >= 4 is 49.5 Å². The van der Waals surface area contributed by atoms with Crippen molar-refractivity contribution in [2.45, 2.75) is 9.79 Å². The van der Waals surface area contributed by atoms with Gasteiger partial charge >= 0.3 is 0 Å². The Morgan fingerprint density at radius 2 is 1.85 bits per heavy atom. The molecule has 1 aromatic heterocycles. The predicted molar refractivity (Wildman–Crippen MR) is 136 cm³/mol. The highest BCUT2D eigenvalue weighted by molar-refractivity contribution is 8.16. The molecule has 0 bridgehead atoms. The fourth-order valence-electron chi connectivity index (χ4n) is 3.63. The van der Waals surface area contributed by atoms with Gasteiger partial charge in [0.2, 0.25) is 0 Å². The number of para-hydroxylation sites is 2. The maximum Gasteiger partial charge on any atom is 0.266 e. The molecule has 0 radical (unpaired) electrons. The van der Waals surface area contributed by atoms with Crippen LogP contribution in [0.1, 0.15) is 0 Å². The van der Waals surface area contributed by atoms with Crippen molar-refractivity contribution in [3.63, 3.8) is 0 Å². The Balaban J connectivity index is 1.79. The maximum absolute atomic E-state index is 13.5. The first-order valence-corrected chi connectivity index (χ1v) is 12.8. The zero-order valence-electron chi connectivity index (χ0n) is 17.6. The van der Waals surface area contributed by atoms with Gasteiger partial charge in [0.15, 0.2) is 5.17 Å². The molecule has 0 saturated carbocycles. The van der Waals surface area contributed by atoms with Crippen LogP contribution in [0.3, 0.4) is 0 Å². The number of aromatic nitrogens is 2. The van der Waals surface area contributed by atoms with E-state index in [1.807, 2.05) is 18.2 Å². The molecular formula is C24H17ClN4O3S2. The van der Waals surface area contributed by atoms with Gasteiger partial charge in [-0.2, -0.15) is 0 Å². The summed E-state index contributed by atoms with van der Waals surface area (Å²) in [7, 11) is -3.91. The number of hydrogen-bond acceptors (Lipinski definition) is 6. The van der Waals surface area contributed by atoms with Gasteiger partial charge in [0.05, 0.1) is 28.2 Å². The lowest BCUT2D eigenvalue weighted by atomic mass is 10.1. The number of sulfonamides is 1. The van der Waals surface area contributed by atoms with Crippen LogP contribution in [0, 0.1) is 0 Å². The molecule has 34 heavy (non-hydrogen) atoms. The molecular weight excluding hydrogens is 492 g/mol. The van der Waals surface area contributed by atoms with Crippen molar-refractivity contribution in [3.05, 3.63) is 94.8 Å². The van der Waals surface area contributed by atoms with Crippen LogP contribution in [0.25, 0.3) is 28.0 Å². The third-order valence-corrected chi connectivity index (χ3v) is 8.08. The zero-order chi connectivity index (χ0) is 23.9. The van der Waals surface area contributed by atoms with E-state index in [0.29, 0.717) is 27.0 Å². The van der Waals surface area contributed by atoms with Crippen molar-refractivity contribution in [1.29, 1.82) is 0 Å². The number of halogens is 1. The molecule has 2 heterocycles.